The number of rotatable bonds is 4. The highest BCUT2D eigenvalue weighted by molar-refractivity contribution is 5.60. The van der Waals surface area contributed by atoms with Gasteiger partial charge in [0.1, 0.15) is 6.07 Å². The van der Waals surface area contributed by atoms with Gasteiger partial charge in [-0.05, 0) is 45.7 Å². The standard InChI is InChI=1S/C16H24N4/c1-4-7-20-8-5-14(6-9-20)19-16-10-12(2)18-13(3)15(16)11-17/h10,14H,4-9H2,1-3H3,(H,18,19). The fraction of sp³-hybridized carbons (Fsp3) is 0.625. The van der Waals surface area contributed by atoms with E-state index >= 15 is 0 Å². The Morgan fingerprint density at radius 1 is 1.40 bits per heavy atom. The van der Waals surface area contributed by atoms with Gasteiger partial charge in [-0.2, -0.15) is 5.26 Å². The third-order valence-corrected chi connectivity index (χ3v) is 3.93. The fourth-order valence-electron chi connectivity index (χ4n) is 2.92. The third kappa shape index (κ3) is 3.49. The molecule has 1 saturated heterocycles. The highest BCUT2D eigenvalue weighted by Crippen LogP contribution is 2.22. The van der Waals surface area contributed by atoms with Crippen molar-refractivity contribution >= 4 is 5.69 Å². The first-order chi connectivity index (χ1) is 9.63. The summed E-state index contributed by atoms with van der Waals surface area (Å²) in [5.41, 5.74) is 3.42. The van der Waals surface area contributed by atoms with Crippen molar-refractivity contribution < 1.29 is 0 Å². The molecule has 0 atom stereocenters. The topological polar surface area (TPSA) is 52.0 Å². The average molecular weight is 272 g/mol. The molecule has 108 valence electrons. The summed E-state index contributed by atoms with van der Waals surface area (Å²) in [5, 5.41) is 12.8. The van der Waals surface area contributed by atoms with Gasteiger partial charge >= 0.3 is 0 Å². The van der Waals surface area contributed by atoms with Gasteiger partial charge in [0.2, 0.25) is 0 Å². The van der Waals surface area contributed by atoms with Gasteiger partial charge in [-0.15, -0.1) is 0 Å². The van der Waals surface area contributed by atoms with Crippen molar-refractivity contribution in [1.29, 1.82) is 5.26 Å². The molecule has 0 radical (unpaired) electrons. The SMILES string of the molecule is CCCN1CCC(Nc2cc(C)nc(C)c2C#N)CC1. The number of nitriles is 1. The van der Waals surface area contributed by atoms with E-state index in [0.29, 0.717) is 11.6 Å². The van der Waals surface area contributed by atoms with E-state index in [0.717, 1.165) is 43.0 Å². The zero-order chi connectivity index (χ0) is 14.5. The van der Waals surface area contributed by atoms with E-state index in [4.69, 9.17) is 0 Å². The minimum atomic E-state index is 0.469. The smallest absolute Gasteiger partial charge is 0.103 e. The number of hydrogen-bond acceptors (Lipinski definition) is 4. The normalized spacial score (nSPS) is 16.9. The Bertz CT molecular complexity index is 496. The van der Waals surface area contributed by atoms with E-state index in [9.17, 15) is 5.26 Å². The van der Waals surface area contributed by atoms with Crippen molar-refractivity contribution in [2.24, 2.45) is 0 Å². The van der Waals surface area contributed by atoms with Crippen molar-refractivity contribution in [3.63, 3.8) is 0 Å². The highest BCUT2D eigenvalue weighted by Gasteiger charge is 2.19. The van der Waals surface area contributed by atoms with Crippen LogP contribution < -0.4 is 5.32 Å². The molecule has 0 unspecified atom stereocenters. The summed E-state index contributed by atoms with van der Waals surface area (Å²) in [6.45, 7) is 9.60. The lowest BCUT2D eigenvalue weighted by molar-refractivity contribution is 0.219. The number of aromatic nitrogens is 1. The molecule has 0 saturated carbocycles. The predicted octanol–water partition coefficient (Wildman–Crippen LogP) is 2.86. The van der Waals surface area contributed by atoms with Gasteiger partial charge in [-0.25, -0.2) is 0 Å². The number of nitrogens with one attached hydrogen (secondary N) is 1. The molecule has 4 nitrogen and oxygen atoms in total. The molecule has 1 aromatic rings. The van der Waals surface area contributed by atoms with Crippen LogP contribution in [-0.2, 0) is 0 Å². The maximum atomic E-state index is 9.29. The van der Waals surface area contributed by atoms with E-state index in [-0.39, 0.29) is 0 Å². The lowest BCUT2D eigenvalue weighted by Crippen LogP contribution is -2.39. The van der Waals surface area contributed by atoms with E-state index in [1.165, 1.54) is 13.0 Å². The zero-order valence-corrected chi connectivity index (χ0v) is 12.7. The Labute approximate surface area is 121 Å². The third-order valence-electron chi connectivity index (χ3n) is 3.93. The van der Waals surface area contributed by atoms with Crippen molar-refractivity contribution in [1.82, 2.24) is 9.88 Å². The molecule has 1 fully saturated rings. The molecule has 1 aliphatic heterocycles. The summed E-state index contributed by atoms with van der Waals surface area (Å²) >= 11 is 0. The minimum absolute atomic E-state index is 0.469. The van der Waals surface area contributed by atoms with E-state index in [1.807, 2.05) is 19.9 Å². The van der Waals surface area contributed by atoms with Gasteiger partial charge in [-0.3, -0.25) is 4.98 Å². The largest absolute Gasteiger partial charge is 0.381 e. The molecule has 2 rings (SSSR count). The molecule has 0 aromatic carbocycles. The number of piperidine rings is 1. The number of aryl methyl sites for hydroxylation is 2. The number of anilines is 1. The van der Waals surface area contributed by atoms with Gasteiger partial charge in [0.15, 0.2) is 0 Å². The molecule has 2 heterocycles. The lowest BCUT2D eigenvalue weighted by atomic mass is 10.0. The van der Waals surface area contributed by atoms with Crippen LogP contribution in [0.2, 0.25) is 0 Å². The van der Waals surface area contributed by atoms with E-state index < -0.39 is 0 Å². The van der Waals surface area contributed by atoms with Crippen molar-refractivity contribution in [3.8, 4) is 6.07 Å². The van der Waals surface area contributed by atoms with Crippen molar-refractivity contribution in [3.05, 3.63) is 23.0 Å². The van der Waals surface area contributed by atoms with Crippen LogP contribution in [0.4, 0.5) is 5.69 Å². The Hall–Kier alpha value is -1.60. The maximum Gasteiger partial charge on any atom is 0.103 e. The maximum absolute atomic E-state index is 9.29. The van der Waals surface area contributed by atoms with Crippen LogP contribution in [0.25, 0.3) is 0 Å². The lowest BCUT2D eigenvalue weighted by Gasteiger charge is -2.32. The number of likely N-dealkylation sites (tertiary alicyclic amines) is 1. The Morgan fingerprint density at radius 3 is 2.70 bits per heavy atom. The van der Waals surface area contributed by atoms with Crippen LogP contribution in [-0.4, -0.2) is 35.6 Å². The summed E-state index contributed by atoms with van der Waals surface area (Å²) in [6.07, 6.45) is 3.51. The van der Waals surface area contributed by atoms with Gasteiger partial charge < -0.3 is 10.2 Å². The van der Waals surface area contributed by atoms with Crippen LogP contribution in [0.5, 0.6) is 0 Å². The molecular formula is C16H24N4. The molecule has 0 amide bonds. The molecule has 1 N–H and O–H groups in total. The molecule has 0 aliphatic carbocycles. The Morgan fingerprint density at radius 2 is 2.10 bits per heavy atom. The molecule has 20 heavy (non-hydrogen) atoms. The second-order valence-electron chi connectivity index (χ2n) is 5.64. The summed E-state index contributed by atoms with van der Waals surface area (Å²) in [5.74, 6) is 0. The van der Waals surface area contributed by atoms with Crippen molar-refractivity contribution in [2.75, 3.05) is 25.0 Å². The number of hydrogen-bond donors (Lipinski definition) is 1. The summed E-state index contributed by atoms with van der Waals surface area (Å²) in [7, 11) is 0. The van der Waals surface area contributed by atoms with Crippen molar-refractivity contribution in [2.45, 2.75) is 46.1 Å². The summed E-state index contributed by atoms with van der Waals surface area (Å²) < 4.78 is 0. The predicted molar refractivity (Wildman–Crippen MR) is 81.8 cm³/mol. The molecule has 1 aromatic heterocycles. The summed E-state index contributed by atoms with van der Waals surface area (Å²) in [6, 6.07) is 4.73. The Balaban J connectivity index is 2.03. The number of pyridine rings is 1. The van der Waals surface area contributed by atoms with Crippen LogP contribution in [0.1, 0.15) is 43.1 Å². The van der Waals surface area contributed by atoms with Crippen LogP contribution in [0.15, 0.2) is 6.07 Å². The van der Waals surface area contributed by atoms with E-state index in [1.54, 1.807) is 0 Å². The second kappa shape index (κ2) is 6.71. The molecular weight excluding hydrogens is 248 g/mol. The minimum Gasteiger partial charge on any atom is -0.381 e. The number of nitrogens with zero attached hydrogens (tertiary/aromatic N) is 3. The van der Waals surface area contributed by atoms with Gasteiger partial charge in [0.05, 0.1) is 16.9 Å². The summed E-state index contributed by atoms with van der Waals surface area (Å²) in [4.78, 5) is 6.88. The van der Waals surface area contributed by atoms with Gasteiger partial charge in [-0.1, -0.05) is 6.92 Å². The first-order valence-corrected chi connectivity index (χ1v) is 7.51. The van der Waals surface area contributed by atoms with Crippen LogP contribution in [0, 0.1) is 25.2 Å². The first kappa shape index (κ1) is 14.8. The van der Waals surface area contributed by atoms with Gasteiger partial charge in [0.25, 0.3) is 0 Å². The van der Waals surface area contributed by atoms with E-state index in [2.05, 4.69) is 28.2 Å². The Kier molecular flexibility index (Phi) is 4.97. The fourth-order valence-corrected chi connectivity index (χ4v) is 2.92. The van der Waals surface area contributed by atoms with Crippen LogP contribution >= 0.6 is 0 Å². The molecule has 4 heteroatoms. The monoisotopic (exact) mass is 272 g/mol. The second-order valence-corrected chi connectivity index (χ2v) is 5.64. The quantitative estimate of drug-likeness (QED) is 0.915. The first-order valence-electron chi connectivity index (χ1n) is 7.51. The zero-order valence-electron chi connectivity index (χ0n) is 12.7. The highest BCUT2D eigenvalue weighted by atomic mass is 15.1. The average Bonchev–Trinajstić information content (AvgIpc) is 2.41. The van der Waals surface area contributed by atoms with Crippen LogP contribution in [0.3, 0.4) is 0 Å². The molecule has 0 bridgehead atoms. The van der Waals surface area contributed by atoms with Gasteiger partial charge in [0, 0.05) is 24.8 Å². The molecule has 1 aliphatic rings. The molecule has 0 spiro atoms.